The molecule has 1 amide bonds. The summed E-state index contributed by atoms with van der Waals surface area (Å²) in [6.45, 7) is 5.67. The van der Waals surface area contributed by atoms with Gasteiger partial charge in [0, 0.05) is 13.1 Å². The van der Waals surface area contributed by atoms with Gasteiger partial charge in [-0.2, -0.15) is 0 Å². The summed E-state index contributed by atoms with van der Waals surface area (Å²) in [4.78, 5) is 14.8. The maximum absolute atomic E-state index is 12.3. The molecule has 0 aliphatic carbocycles. The van der Waals surface area contributed by atoms with Crippen LogP contribution < -0.4 is 10.1 Å². The van der Waals surface area contributed by atoms with Gasteiger partial charge in [-0.05, 0) is 56.1 Å². The fourth-order valence-electron chi connectivity index (χ4n) is 3.30. The molecule has 1 saturated heterocycles. The van der Waals surface area contributed by atoms with Crippen LogP contribution in [-0.4, -0.2) is 30.0 Å². The Hall–Kier alpha value is -2.33. The van der Waals surface area contributed by atoms with Crippen LogP contribution in [0, 0.1) is 0 Å². The summed E-state index contributed by atoms with van der Waals surface area (Å²) in [6.07, 6.45) is 3.43. The Labute approximate surface area is 156 Å². The first kappa shape index (κ1) is 18.5. The molecular formula is C22H28N2O2. The van der Waals surface area contributed by atoms with Crippen molar-refractivity contribution < 1.29 is 9.53 Å². The van der Waals surface area contributed by atoms with E-state index in [1.165, 1.54) is 37.9 Å². The van der Waals surface area contributed by atoms with E-state index < -0.39 is 6.10 Å². The van der Waals surface area contributed by atoms with Crippen molar-refractivity contribution in [2.45, 2.75) is 45.4 Å². The van der Waals surface area contributed by atoms with E-state index >= 15 is 0 Å². The number of likely N-dealkylation sites (tertiary alicyclic amines) is 1. The van der Waals surface area contributed by atoms with Gasteiger partial charge >= 0.3 is 0 Å². The number of ether oxygens (including phenoxy) is 1. The summed E-state index contributed by atoms with van der Waals surface area (Å²) in [6, 6.07) is 17.9. The fourth-order valence-corrected chi connectivity index (χ4v) is 3.30. The maximum Gasteiger partial charge on any atom is 0.261 e. The molecule has 0 spiro atoms. The van der Waals surface area contributed by atoms with E-state index in [0.717, 1.165) is 12.1 Å². The van der Waals surface area contributed by atoms with Gasteiger partial charge in [0.1, 0.15) is 5.75 Å². The summed E-state index contributed by atoms with van der Waals surface area (Å²) >= 11 is 0. The molecule has 0 saturated carbocycles. The number of piperidine rings is 1. The van der Waals surface area contributed by atoms with Gasteiger partial charge in [-0.3, -0.25) is 9.69 Å². The van der Waals surface area contributed by atoms with Gasteiger partial charge in [-0.25, -0.2) is 0 Å². The molecule has 26 heavy (non-hydrogen) atoms. The molecule has 2 aromatic rings. The third-order valence-electron chi connectivity index (χ3n) is 4.74. The first-order valence-electron chi connectivity index (χ1n) is 9.50. The smallest absolute Gasteiger partial charge is 0.261 e. The van der Waals surface area contributed by atoms with Crippen LogP contribution in [0.3, 0.4) is 0 Å². The highest BCUT2D eigenvalue weighted by Crippen LogP contribution is 2.14. The monoisotopic (exact) mass is 352 g/mol. The molecule has 1 unspecified atom stereocenters. The van der Waals surface area contributed by atoms with Crippen LogP contribution in [0.15, 0.2) is 54.6 Å². The molecule has 1 atom stereocenters. The third kappa shape index (κ3) is 5.60. The molecule has 4 heteroatoms. The Morgan fingerprint density at radius 3 is 2.54 bits per heavy atom. The number of nitrogens with one attached hydrogen (secondary N) is 1. The minimum absolute atomic E-state index is 0.102. The van der Waals surface area contributed by atoms with Crippen molar-refractivity contribution in [2.24, 2.45) is 0 Å². The van der Waals surface area contributed by atoms with Crippen LogP contribution in [0.25, 0.3) is 0 Å². The Balaban J connectivity index is 1.49. The van der Waals surface area contributed by atoms with Gasteiger partial charge in [0.25, 0.3) is 5.91 Å². The average Bonchev–Trinajstić information content (AvgIpc) is 2.68. The van der Waals surface area contributed by atoms with Gasteiger partial charge in [0.2, 0.25) is 0 Å². The molecule has 4 nitrogen and oxygen atoms in total. The minimum atomic E-state index is -0.520. The summed E-state index contributed by atoms with van der Waals surface area (Å²) < 4.78 is 5.67. The highest BCUT2D eigenvalue weighted by Gasteiger charge is 2.14. The van der Waals surface area contributed by atoms with E-state index in [4.69, 9.17) is 4.74 Å². The molecule has 0 radical (unpaired) electrons. The van der Waals surface area contributed by atoms with E-state index in [0.29, 0.717) is 12.3 Å². The molecule has 1 N–H and O–H groups in total. The van der Waals surface area contributed by atoms with Crippen LogP contribution in [0.2, 0.25) is 0 Å². The Morgan fingerprint density at radius 2 is 1.77 bits per heavy atom. The molecule has 1 aliphatic heterocycles. The lowest BCUT2D eigenvalue weighted by Crippen LogP contribution is -2.35. The van der Waals surface area contributed by atoms with Crippen molar-refractivity contribution in [3.63, 3.8) is 0 Å². The third-order valence-corrected chi connectivity index (χ3v) is 4.74. The molecular weight excluding hydrogens is 324 g/mol. The van der Waals surface area contributed by atoms with E-state index in [9.17, 15) is 4.79 Å². The quantitative estimate of drug-likeness (QED) is 0.825. The lowest BCUT2D eigenvalue weighted by atomic mass is 10.1. The zero-order chi connectivity index (χ0) is 18.2. The second-order valence-corrected chi connectivity index (χ2v) is 6.95. The van der Waals surface area contributed by atoms with E-state index in [2.05, 4.69) is 34.5 Å². The van der Waals surface area contributed by atoms with E-state index in [1.807, 2.05) is 30.3 Å². The first-order valence-corrected chi connectivity index (χ1v) is 9.50. The molecule has 0 bridgehead atoms. The topological polar surface area (TPSA) is 41.6 Å². The molecule has 3 rings (SSSR count). The van der Waals surface area contributed by atoms with Crippen molar-refractivity contribution >= 4 is 5.91 Å². The number of nitrogens with zero attached hydrogens (tertiary/aromatic N) is 1. The van der Waals surface area contributed by atoms with Crippen molar-refractivity contribution in [3.8, 4) is 5.75 Å². The summed E-state index contributed by atoms with van der Waals surface area (Å²) in [5.41, 5.74) is 2.44. The maximum atomic E-state index is 12.3. The SMILES string of the molecule is CC(Oc1ccccc1)C(=O)NCc1cccc(CN2CCCCC2)c1. The number of amides is 1. The van der Waals surface area contributed by atoms with Crippen LogP contribution in [0.4, 0.5) is 0 Å². The van der Waals surface area contributed by atoms with Crippen LogP contribution in [0.5, 0.6) is 5.75 Å². The van der Waals surface area contributed by atoms with Crippen LogP contribution in [0.1, 0.15) is 37.3 Å². The Bertz CT molecular complexity index is 696. The molecule has 1 heterocycles. The van der Waals surface area contributed by atoms with Crippen LogP contribution in [-0.2, 0) is 17.9 Å². The number of para-hydroxylation sites is 1. The van der Waals surface area contributed by atoms with Gasteiger partial charge in [-0.15, -0.1) is 0 Å². The van der Waals surface area contributed by atoms with E-state index in [1.54, 1.807) is 6.92 Å². The minimum Gasteiger partial charge on any atom is -0.481 e. The Morgan fingerprint density at radius 1 is 1.04 bits per heavy atom. The zero-order valence-corrected chi connectivity index (χ0v) is 15.5. The number of rotatable bonds is 7. The number of carbonyl (C=O) groups excluding carboxylic acids is 1. The van der Waals surface area contributed by atoms with Crippen molar-refractivity contribution in [2.75, 3.05) is 13.1 Å². The van der Waals surface area contributed by atoms with Gasteiger partial charge in [0.05, 0.1) is 0 Å². The second-order valence-electron chi connectivity index (χ2n) is 6.95. The number of carbonyl (C=O) groups is 1. The predicted octanol–water partition coefficient (Wildman–Crippen LogP) is 3.76. The fraction of sp³-hybridized carbons (Fsp3) is 0.409. The lowest BCUT2D eigenvalue weighted by molar-refractivity contribution is -0.127. The second kappa shape index (κ2) is 9.39. The number of hydrogen-bond acceptors (Lipinski definition) is 3. The molecule has 138 valence electrons. The van der Waals surface area contributed by atoms with E-state index in [-0.39, 0.29) is 5.91 Å². The van der Waals surface area contributed by atoms with Gasteiger partial charge in [0.15, 0.2) is 6.10 Å². The molecule has 1 aliphatic rings. The van der Waals surface area contributed by atoms with Gasteiger partial charge in [-0.1, -0.05) is 48.9 Å². The average molecular weight is 352 g/mol. The van der Waals surface area contributed by atoms with Crippen LogP contribution >= 0.6 is 0 Å². The summed E-state index contributed by atoms with van der Waals surface area (Å²) in [5, 5.41) is 2.97. The summed E-state index contributed by atoms with van der Waals surface area (Å²) in [7, 11) is 0. The molecule has 0 aromatic heterocycles. The number of benzene rings is 2. The normalized spacial score (nSPS) is 16.0. The first-order chi connectivity index (χ1) is 12.7. The molecule has 1 fully saturated rings. The van der Waals surface area contributed by atoms with Gasteiger partial charge < -0.3 is 10.1 Å². The predicted molar refractivity (Wildman–Crippen MR) is 104 cm³/mol. The highest BCUT2D eigenvalue weighted by molar-refractivity contribution is 5.80. The standard InChI is InChI=1S/C22H28N2O2/c1-18(26-21-11-4-2-5-12-21)22(25)23-16-19-9-8-10-20(15-19)17-24-13-6-3-7-14-24/h2,4-5,8-12,15,18H,3,6-7,13-14,16-17H2,1H3,(H,23,25). The largest absolute Gasteiger partial charge is 0.481 e. The Kier molecular flexibility index (Phi) is 6.67. The lowest BCUT2D eigenvalue weighted by Gasteiger charge is -2.26. The van der Waals surface area contributed by atoms with Crippen molar-refractivity contribution in [1.82, 2.24) is 10.2 Å². The zero-order valence-electron chi connectivity index (χ0n) is 15.5. The van der Waals surface area contributed by atoms with Crippen molar-refractivity contribution in [3.05, 3.63) is 65.7 Å². The molecule has 2 aromatic carbocycles. The summed E-state index contributed by atoms with van der Waals surface area (Å²) in [5.74, 6) is 0.606. The number of hydrogen-bond donors (Lipinski definition) is 1. The highest BCUT2D eigenvalue weighted by atomic mass is 16.5. The van der Waals surface area contributed by atoms with Crippen molar-refractivity contribution in [1.29, 1.82) is 0 Å².